The highest BCUT2D eigenvalue weighted by Gasteiger charge is 2.17. The first kappa shape index (κ1) is 58.8. The molecule has 62 heavy (non-hydrogen) atoms. The quantitative estimate of drug-likeness (QED) is 0.0347. The Balaban J connectivity index is 4.37. The molecule has 0 amide bonds. The lowest BCUT2D eigenvalue weighted by Crippen LogP contribution is -2.30. The summed E-state index contributed by atoms with van der Waals surface area (Å²) in [5.74, 6) is -0.506. The third-order valence-electron chi connectivity index (χ3n) is 10.6. The van der Waals surface area contributed by atoms with Crippen LogP contribution < -0.4 is 0 Å². The first-order valence-electron chi connectivity index (χ1n) is 25.8. The molecule has 0 rings (SSSR count). The predicted molar refractivity (Wildman–Crippen MR) is 270 cm³/mol. The molecule has 0 heterocycles. The van der Waals surface area contributed by atoms with Crippen LogP contribution >= 0.6 is 0 Å². The van der Waals surface area contributed by atoms with Crippen molar-refractivity contribution in [1.29, 1.82) is 0 Å². The third kappa shape index (κ3) is 49.5. The Labute approximate surface area is 383 Å². The van der Waals surface area contributed by atoms with Gasteiger partial charge in [0.2, 0.25) is 0 Å². The fourth-order valence-electron chi connectivity index (χ4n) is 6.83. The normalized spacial score (nSPS) is 13.0. The van der Waals surface area contributed by atoms with Gasteiger partial charge in [-0.15, -0.1) is 0 Å². The molecule has 0 saturated carbocycles. The molecule has 0 aromatic rings. The van der Waals surface area contributed by atoms with Crippen LogP contribution in [0.25, 0.3) is 0 Å². The van der Waals surface area contributed by atoms with E-state index < -0.39 is 6.10 Å². The Morgan fingerprint density at radius 3 is 1.24 bits per heavy atom. The van der Waals surface area contributed by atoms with Gasteiger partial charge < -0.3 is 14.2 Å². The highest BCUT2D eigenvalue weighted by atomic mass is 16.6. The van der Waals surface area contributed by atoms with Gasteiger partial charge in [-0.05, 0) is 103 Å². The number of ether oxygens (including phenoxy) is 3. The summed E-state index contributed by atoms with van der Waals surface area (Å²) in [5.41, 5.74) is 0. The first-order valence-corrected chi connectivity index (χ1v) is 25.8. The summed E-state index contributed by atoms with van der Waals surface area (Å²) < 4.78 is 17.3. The number of hydrogen-bond acceptors (Lipinski definition) is 5. The van der Waals surface area contributed by atoms with E-state index in [-0.39, 0.29) is 25.2 Å². The molecule has 0 bridgehead atoms. The molecule has 0 aromatic carbocycles. The van der Waals surface area contributed by atoms with Crippen molar-refractivity contribution in [3.63, 3.8) is 0 Å². The predicted octanol–water partition coefficient (Wildman–Crippen LogP) is 17.5. The molecule has 0 fully saturated rings. The van der Waals surface area contributed by atoms with Gasteiger partial charge in [0.05, 0.1) is 6.61 Å². The summed E-state index contributed by atoms with van der Waals surface area (Å²) >= 11 is 0. The maximum Gasteiger partial charge on any atom is 0.306 e. The molecular weight excluding hydrogens is 765 g/mol. The fourth-order valence-corrected chi connectivity index (χ4v) is 6.83. The van der Waals surface area contributed by atoms with E-state index in [0.717, 1.165) is 83.5 Å². The molecule has 1 atom stereocenters. The summed E-state index contributed by atoms with van der Waals surface area (Å²) in [7, 11) is 0. The van der Waals surface area contributed by atoms with Crippen LogP contribution in [0.5, 0.6) is 0 Å². The SMILES string of the molecule is CC/C=C\C/C=C\C/C=C\C/C=C\CCC(=O)OC(COCCCCCCCC/C=C\C/C=C\C/C=C\CC)COC(=O)CCCCCCCCC/C=C\CCCCCCCC. The second-order valence-corrected chi connectivity index (χ2v) is 16.7. The Morgan fingerprint density at radius 1 is 0.371 bits per heavy atom. The zero-order valence-corrected chi connectivity index (χ0v) is 40.6. The minimum Gasteiger partial charge on any atom is -0.462 e. The van der Waals surface area contributed by atoms with Crippen LogP contribution in [0.15, 0.2) is 97.2 Å². The van der Waals surface area contributed by atoms with Crippen molar-refractivity contribution in [2.45, 2.75) is 232 Å². The topological polar surface area (TPSA) is 61.8 Å². The highest BCUT2D eigenvalue weighted by Crippen LogP contribution is 2.13. The number of allylic oxidation sites excluding steroid dienone is 16. The lowest BCUT2D eigenvalue weighted by Gasteiger charge is -2.18. The standard InChI is InChI=1S/C57H96O5/c1-4-7-10-13-16-19-22-25-27-29-30-33-35-38-41-44-47-50-56(58)61-54-55(62-57(59)51-48-45-42-39-36-32-24-21-18-15-12-9-6-3)53-60-52-49-46-43-40-37-34-31-28-26-23-20-17-14-11-8-5-2/h8-9,11-12,17-18,20-21,25-28,32,36,42,45,55H,4-7,10,13-16,19,22-24,29-31,33-35,37-41,43-44,46-54H2,1-3H3/b11-8-,12-9-,20-17-,21-18-,27-25-,28-26-,36-32-,45-42-. The lowest BCUT2D eigenvalue weighted by atomic mass is 10.1. The van der Waals surface area contributed by atoms with Crippen molar-refractivity contribution in [1.82, 2.24) is 0 Å². The van der Waals surface area contributed by atoms with Gasteiger partial charge in [-0.3, -0.25) is 9.59 Å². The van der Waals surface area contributed by atoms with Crippen LogP contribution in [-0.4, -0.2) is 37.9 Å². The van der Waals surface area contributed by atoms with Crippen molar-refractivity contribution in [3.05, 3.63) is 97.2 Å². The molecule has 354 valence electrons. The number of hydrogen-bond donors (Lipinski definition) is 0. The van der Waals surface area contributed by atoms with Gasteiger partial charge in [0.15, 0.2) is 6.10 Å². The summed E-state index contributed by atoms with van der Waals surface area (Å²) in [6.45, 7) is 7.49. The molecule has 0 radical (unpaired) electrons. The van der Waals surface area contributed by atoms with Crippen molar-refractivity contribution < 1.29 is 23.8 Å². The lowest BCUT2D eigenvalue weighted by molar-refractivity contribution is -0.162. The van der Waals surface area contributed by atoms with Crippen LogP contribution in [0.2, 0.25) is 0 Å². The van der Waals surface area contributed by atoms with Crippen molar-refractivity contribution >= 4 is 11.9 Å². The van der Waals surface area contributed by atoms with Gasteiger partial charge in [-0.2, -0.15) is 0 Å². The van der Waals surface area contributed by atoms with Crippen LogP contribution in [0, 0.1) is 0 Å². The minimum absolute atomic E-state index is 0.0446. The second kappa shape index (κ2) is 52.2. The number of carbonyl (C=O) groups is 2. The van der Waals surface area contributed by atoms with Gasteiger partial charge in [0.25, 0.3) is 0 Å². The number of carbonyl (C=O) groups excluding carboxylic acids is 2. The van der Waals surface area contributed by atoms with Crippen LogP contribution in [-0.2, 0) is 23.8 Å². The van der Waals surface area contributed by atoms with Crippen molar-refractivity contribution in [3.8, 4) is 0 Å². The molecule has 0 aliphatic rings. The van der Waals surface area contributed by atoms with E-state index in [1.165, 1.54) is 103 Å². The van der Waals surface area contributed by atoms with E-state index in [4.69, 9.17) is 14.2 Å². The Bertz CT molecular complexity index is 1200. The monoisotopic (exact) mass is 861 g/mol. The van der Waals surface area contributed by atoms with Gasteiger partial charge >= 0.3 is 11.9 Å². The maximum atomic E-state index is 12.7. The van der Waals surface area contributed by atoms with Gasteiger partial charge in [-0.25, -0.2) is 0 Å². The largest absolute Gasteiger partial charge is 0.462 e. The Kier molecular flexibility index (Phi) is 49.5. The molecule has 0 aliphatic carbocycles. The van der Waals surface area contributed by atoms with E-state index in [0.29, 0.717) is 25.9 Å². The van der Waals surface area contributed by atoms with Crippen LogP contribution in [0.4, 0.5) is 0 Å². The average molecular weight is 861 g/mol. The van der Waals surface area contributed by atoms with Crippen LogP contribution in [0.3, 0.4) is 0 Å². The van der Waals surface area contributed by atoms with E-state index in [1.807, 2.05) is 6.08 Å². The number of rotatable bonds is 46. The smallest absolute Gasteiger partial charge is 0.306 e. The van der Waals surface area contributed by atoms with Gasteiger partial charge in [-0.1, -0.05) is 208 Å². The molecule has 0 saturated heterocycles. The molecule has 0 N–H and O–H groups in total. The zero-order valence-electron chi connectivity index (χ0n) is 40.6. The molecule has 0 aliphatic heterocycles. The molecule has 5 heteroatoms. The Morgan fingerprint density at radius 2 is 0.758 bits per heavy atom. The summed E-state index contributed by atoms with van der Waals surface area (Å²) in [6.07, 6.45) is 70.0. The molecule has 0 aromatic heterocycles. The van der Waals surface area contributed by atoms with Gasteiger partial charge in [0.1, 0.15) is 6.61 Å². The third-order valence-corrected chi connectivity index (χ3v) is 10.6. The first-order chi connectivity index (χ1) is 30.6. The maximum absolute atomic E-state index is 12.7. The second-order valence-electron chi connectivity index (χ2n) is 16.7. The van der Waals surface area contributed by atoms with Gasteiger partial charge in [0, 0.05) is 19.4 Å². The van der Waals surface area contributed by atoms with E-state index in [2.05, 4.69) is 112 Å². The minimum atomic E-state index is -0.587. The molecule has 0 spiro atoms. The fraction of sp³-hybridized carbons (Fsp3) is 0.684. The molecular formula is C57H96O5. The van der Waals surface area contributed by atoms with Crippen molar-refractivity contribution in [2.75, 3.05) is 19.8 Å². The number of unbranched alkanes of at least 4 members (excludes halogenated alkanes) is 19. The summed E-state index contributed by atoms with van der Waals surface area (Å²) in [4.78, 5) is 25.4. The molecule has 5 nitrogen and oxygen atoms in total. The highest BCUT2D eigenvalue weighted by molar-refractivity contribution is 5.70. The molecule has 1 unspecified atom stereocenters. The van der Waals surface area contributed by atoms with Crippen molar-refractivity contribution in [2.24, 2.45) is 0 Å². The van der Waals surface area contributed by atoms with E-state index in [1.54, 1.807) is 0 Å². The summed E-state index contributed by atoms with van der Waals surface area (Å²) in [6, 6.07) is 0. The Hall–Kier alpha value is -3.18. The average Bonchev–Trinajstić information content (AvgIpc) is 3.27. The number of esters is 2. The van der Waals surface area contributed by atoms with E-state index in [9.17, 15) is 9.59 Å². The zero-order chi connectivity index (χ0) is 44.9. The van der Waals surface area contributed by atoms with Crippen LogP contribution in [0.1, 0.15) is 226 Å². The summed E-state index contributed by atoms with van der Waals surface area (Å²) in [5, 5.41) is 0. The van der Waals surface area contributed by atoms with E-state index >= 15 is 0 Å².